The summed E-state index contributed by atoms with van der Waals surface area (Å²) in [5.74, 6) is 0.367. The van der Waals surface area contributed by atoms with Gasteiger partial charge in [0, 0.05) is 33.3 Å². The molecule has 14 heavy (non-hydrogen) atoms. The molecule has 82 valence electrons. The highest BCUT2D eigenvalue weighted by atomic mass is 16.5. The van der Waals surface area contributed by atoms with Gasteiger partial charge in [0.2, 0.25) is 0 Å². The minimum atomic E-state index is -0.284. The van der Waals surface area contributed by atoms with E-state index in [9.17, 15) is 4.79 Å². The molecule has 1 aliphatic heterocycles. The smallest absolute Gasteiger partial charge is 0.252 e. The standard InChI is InChI=1S/C10H20N2O2/c1-8(2)9(14-3)10(13)12-6-4-11-5-7-12/h8-9,11H,4-7H2,1-3H3. The quantitative estimate of drug-likeness (QED) is 0.702. The molecule has 0 bridgehead atoms. The van der Waals surface area contributed by atoms with Crippen molar-refractivity contribution in [3.63, 3.8) is 0 Å². The lowest BCUT2D eigenvalue weighted by molar-refractivity contribution is -0.145. The average Bonchev–Trinajstić information content (AvgIpc) is 2.19. The zero-order valence-corrected chi connectivity index (χ0v) is 9.25. The van der Waals surface area contributed by atoms with Crippen LogP contribution in [0.4, 0.5) is 0 Å². The molecule has 4 nitrogen and oxygen atoms in total. The Morgan fingerprint density at radius 1 is 1.36 bits per heavy atom. The van der Waals surface area contributed by atoms with Crippen molar-refractivity contribution in [3.8, 4) is 0 Å². The first-order valence-corrected chi connectivity index (χ1v) is 5.19. The number of rotatable bonds is 3. The molecule has 1 amide bonds. The van der Waals surface area contributed by atoms with Crippen molar-refractivity contribution in [1.29, 1.82) is 0 Å². The maximum atomic E-state index is 11.9. The van der Waals surface area contributed by atoms with E-state index in [1.165, 1.54) is 0 Å². The molecule has 0 aliphatic carbocycles. The summed E-state index contributed by atoms with van der Waals surface area (Å²) in [6.45, 7) is 7.39. The Hall–Kier alpha value is -0.610. The van der Waals surface area contributed by atoms with Gasteiger partial charge in [-0.1, -0.05) is 13.8 Å². The van der Waals surface area contributed by atoms with Crippen molar-refractivity contribution in [1.82, 2.24) is 10.2 Å². The van der Waals surface area contributed by atoms with Crippen molar-refractivity contribution < 1.29 is 9.53 Å². The van der Waals surface area contributed by atoms with Gasteiger partial charge in [-0.2, -0.15) is 0 Å². The van der Waals surface area contributed by atoms with Crippen LogP contribution >= 0.6 is 0 Å². The molecule has 1 atom stereocenters. The zero-order valence-electron chi connectivity index (χ0n) is 9.25. The van der Waals surface area contributed by atoms with Crippen LogP contribution in [0, 0.1) is 5.92 Å². The van der Waals surface area contributed by atoms with Gasteiger partial charge in [0.1, 0.15) is 6.10 Å². The number of piperazine rings is 1. The number of nitrogens with one attached hydrogen (secondary N) is 1. The summed E-state index contributed by atoms with van der Waals surface area (Å²) in [4.78, 5) is 13.8. The molecule has 0 spiro atoms. The van der Waals surface area contributed by atoms with E-state index in [2.05, 4.69) is 5.32 Å². The van der Waals surface area contributed by atoms with Crippen LogP contribution in [0.5, 0.6) is 0 Å². The molecule has 1 unspecified atom stereocenters. The second kappa shape index (κ2) is 5.32. The summed E-state index contributed by atoms with van der Waals surface area (Å²) in [5, 5.41) is 3.22. The Morgan fingerprint density at radius 3 is 2.36 bits per heavy atom. The molecule has 0 aromatic carbocycles. The van der Waals surface area contributed by atoms with Crippen LogP contribution in [-0.4, -0.2) is 50.2 Å². The van der Waals surface area contributed by atoms with Gasteiger partial charge >= 0.3 is 0 Å². The van der Waals surface area contributed by atoms with Gasteiger partial charge in [0.25, 0.3) is 5.91 Å². The number of nitrogens with zero attached hydrogens (tertiary/aromatic N) is 1. The molecule has 0 aromatic heterocycles. The third-order valence-corrected chi connectivity index (χ3v) is 2.53. The van der Waals surface area contributed by atoms with Crippen LogP contribution < -0.4 is 5.32 Å². The van der Waals surface area contributed by atoms with Crippen LogP contribution in [0.1, 0.15) is 13.8 Å². The molecular formula is C10H20N2O2. The molecule has 0 saturated carbocycles. The lowest BCUT2D eigenvalue weighted by Gasteiger charge is -2.31. The summed E-state index contributed by atoms with van der Waals surface area (Å²) < 4.78 is 5.22. The third-order valence-electron chi connectivity index (χ3n) is 2.53. The number of hydrogen-bond donors (Lipinski definition) is 1. The first-order chi connectivity index (χ1) is 6.66. The van der Waals surface area contributed by atoms with Gasteiger partial charge in [0.15, 0.2) is 0 Å². The van der Waals surface area contributed by atoms with Crippen LogP contribution in [0.25, 0.3) is 0 Å². The van der Waals surface area contributed by atoms with E-state index in [0.29, 0.717) is 0 Å². The second-order valence-corrected chi connectivity index (χ2v) is 3.98. The number of carbonyl (C=O) groups excluding carboxylic acids is 1. The summed E-state index contributed by atoms with van der Waals surface area (Å²) in [6, 6.07) is 0. The second-order valence-electron chi connectivity index (χ2n) is 3.98. The zero-order chi connectivity index (χ0) is 10.6. The Morgan fingerprint density at radius 2 is 1.93 bits per heavy atom. The van der Waals surface area contributed by atoms with Crippen LogP contribution in [0.15, 0.2) is 0 Å². The summed E-state index contributed by atoms with van der Waals surface area (Å²) in [5.41, 5.74) is 0. The average molecular weight is 200 g/mol. The van der Waals surface area contributed by atoms with Gasteiger partial charge in [-0.25, -0.2) is 0 Å². The van der Waals surface area contributed by atoms with E-state index >= 15 is 0 Å². The lowest BCUT2D eigenvalue weighted by Crippen LogP contribution is -2.51. The minimum Gasteiger partial charge on any atom is -0.371 e. The van der Waals surface area contributed by atoms with Gasteiger partial charge < -0.3 is 15.0 Å². The van der Waals surface area contributed by atoms with E-state index in [1.807, 2.05) is 18.7 Å². The van der Waals surface area contributed by atoms with E-state index < -0.39 is 0 Å². The fraction of sp³-hybridized carbons (Fsp3) is 0.900. The van der Waals surface area contributed by atoms with Crippen LogP contribution in [0.2, 0.25) is 0 Å². The van der Waals surface area contributed by atoms with Crippen molar-refractivity contribution in [2.75, 3.05) is 33.3 Å². The third kappa shape index (κ3) is 2.69. The van der Waals surface area contributed by atoms with Crippen molar-refractivity contribution in [3.05, 3.63) is 0 Å². The minimum absolute atomic E-state index is 0.129. The van der Waals surface area contributed by atoms with E-state index in [-0.39, 0.29) is 17.9 Å². The van der Waals surface area contributed by atoms with E-state index in [1.54, 1.807) is 7.11 Å². The Labute approximate surface area is 85.6 Å². The maximum Gasteiger partial charge on any atom is 0.252 e. The van der Waals surface area contributed by atoms with Gasteiger partial charge in [-0.3, -0.25) is 4.79 Å². The molecule has 4 heteroatoms. The van der Waals surface area contributed by atoms with E-state index in [0.717, 1.165) is 26.2 Å². The number of hydrogen-bond acceptors (Lipinski definition) is 3. The van der Waals surface area contributed by atoms with Gasteiger partial charge in [-0.15, -0.1) is 0 Å². The summed E-state index contributed by atoms with van der Waals surface area (Å²) in [6.07, 6.45) is -0.284. The monoisotopic (exact) mass is 200 g/mol. The summed E-state index contributed by atoms with van der Waals surface area (Å²) in [7, 11) is 1.60. The molecule has 1 N–H and O–H groups in total. The van der Waals surface area contributed by atoms with Gasteiger partial charge in [0.05, 0.1) is 0 Å². The Balaban J connectivity index is 2.52. The predicted molar refractivity (Wildman–Crippen MR) is 55.1 cm³/mol. The number of ether oxygens (including phenoxy) is 1. The highest BCUT2D eigenvalue weighted by Crippen LogP contribution is 2.09. The molecule has 1 rings (SSSR count). The van der Waals surface area contributed by atoms with Crippen molar-refractivity contribution >= 4 is 5.91 Å². The first kappa shape index (κ1) is 11.5. The Bertz CT molecular complexity index is 189. The summed E-state index contributed by atoms with van der Waals surface area (Å²) >= 11 is 0. The SMILES string of the molecule is COC(C(=O)N1CCNCC1)C(C)C. The largest absolute Gasteiger partial charge is 0.371 e. The highest BCUT2D eigenvalue weighted by Gasteiger charge is 2.27. The van der Waals surface area contributed by atoms with Crippen LogP contribution in [0.3, 0.4) is 0 Å². The van der Waals surface area contributed by atoms with Crippen LogP contribution in [-0.2, 0) is 9.53 Å². The molecule has 1 heterocycles. The molecular weight excluding hydrogens is 180 g/mol. The van der Waals surface area contributed by atoms with Crippen molar-refractivity contribution in [2.45, 2.75) is 20.0 Å². The molecule has 0 aromatic rings. The number of methoxy groups -OCH3 is 1. The molecule has 1 saturated heterocycles. The molecule has 0 radical (unpaired) electrons. The van der Waals surface area contributed by atoms with Crippen molar-refractivity contribution in [2.24, 2.45) is 5.92 Å². The Kier molecular flexibility index (Phi) is 4.35. The normalized spacial score (nSPS) is 19.9. The number of amides is 1. The lowest BCUT2D eigenvalue weighted by atomic mass is 10.1. The maximum absolute atomic E-state index is 11.9. The van der Waals surface area contributed by atoms with Gasteiger partial charge in [-0.05, 0) is 5.92 Å². The topological polar surface area (TPSA) is 41.6 Å². The molecule has 1 aliphatic rings. The fourth-order valence-electron chi connectivity index (χ4n) is 1.72. The first-order valence-electron chi connectivity index (χ1n) is 5.19. The predicted octanol–water partition coefficient (Wildman–Crippen LogP) is 0.0892. The fourth-order valence-corrected chi connectivity index (χ4v) is 1.72. The number of carbonyl (C=O) groups is 1. The van der Waals surface area contributed by atoms with E-state index in [4.69, 9.17) is 4.74 Å². The molecule has 1 fully saturated rings. The highest BCUT2D eigenvalue weighted by molar-refractivity contribution is 5.81.